The van der Waals surface area contributed by atoms with Crippen molar-refractivity contribution in [1.82, 2.24) is 5.32 Å². The minimum atomic E-state index is 0.133. The molecule has 1 aromatic rings. The quantitative estimate of drug-likeness (QED) is 0.849. The molecule has 1 aliphatic rings. The van der Waals surface area contributed by atoms with Crippen molar-refractivity contribution in [2.75, 3.05) is 0 Å². The third-order valence-corrected chi connectivity index (χ3v) is 4.54. The Labute approximate surface area is 123 Å². The van der Waals surface area contributed by atoms with Gasteiger partial charge < -0.3 is 10.4 Å². The van der Waals surface area contributed by atoms with Crippen LogP contribution in [0.15, 0.2) is 21.1 Å². The lowest BCUT2D eigenvalue weighted by molar-refractivity contribution is 0.460. The molecule has 2 N–H and O–H groups in total. The Bertz CT molecular complexity index is 461. The molecule has 1 fully saturated rings. The second kappa shape index (κ2) is 6.05. The molecule has 1 saturated carbocycles. The molecule has 2 unspecified atom stereocenters. The van der Waals surface area contributed by atoms with E-state index in [2.05, 4.69) is 43.2 Å². The highest BCUT2D eigenvalue weighted by atomic mass is 79.9. The fraction of sp³-hybridized carbons (Fsp3) is 0.462. The van der Waals surface area contributed by atoms with Crippen LogP contribution in [0.3, 0.4) is 0 Å². The summed E-state index contributed by atoms with van der Waals surface area (Å²) in [6.07, 6.45) is 3.19. The topological polar surface area (TPSA) is 56.0 Å². The summed E-state index contributed by atoms with van der Waals surface area (Å²) in [6, 6.07) is 6.44. The zero-order valence-electron chi connectivity index (χ0n) is 9.79. The Hall–Kier alpha value is -0.570. The molecule has 96 valence electrons. The molecule has 1 aromatic carbocycles. The minimum absolute atomic E-state index is 0.133. The van der Waals surface area contributed by atoms with E-state index in [0.717, 1.165) is 24.8 Å². The van der Waals surface area contributed by atoms with Crippen LogP contribution in [0.25, 0.3) is 0 Å². The lowest BCUT2D eigenvalue weighted by atomic mass is 10.1. The highest BCUT2D eigenvalue weighted by Crippen LogP contribution is 2.33. The van der Waals surface area contributed by atoms with Gasteiger partial charge in [-0.1, -0.05) is 6.42 Å². The van der Waals surface area contributed by atoms with Crippen molar-refractivity contribution >= 4 is 31.9 Å². The van der Waals surface area contributed by atoms with Gasteiger partial charge in [-0.15, -0.1) is 0 Å². The molecule has 0 aliphatic heterocycles. The van der Waals surface area contributed by atoms with E-state index in [1.165, 1.54) is 0 Å². The predicted octanol–water partition coefficient (Wildman–Crippen LogP) is 3.70. The van der Waals surface area contributed by atoms with E-state index in [9.17, 15) is 5.11 Å². The number of nitrogens with one attached hydrogen (secondary N) is 1. The van der Waals surface area contributed by atoms with Crippen LogP contribution < -0.4 is 5.32 Å². The van der Waals surface area contributed by atoms with E-state index < -0.39 is 0 Å². The van der Waals surface area contributed by atoms with Crippen LogP contribution in [-0.4, -0.2) is 11.1 Å². The lowest BCUT2D eigenvalue weighted by Crippen LogP contribution is -2.31. The van der Waals surface area contributed by atoms with Gasteiger partial charge in [-0.2, -0.15) is 5.26 Å². The van der Waals surface area contributed by atoms with Crippen molar-refractivity contribution < 1.29 is 5.11 Å². The summed E-state index contributed by atoms with van der Waals surface area (Å²) >= 11 is 6.63. The van der Waals surface area contributed by atoms with Crippen LogP contribution in [0.2, 0.25) is 0 Å². The van der Waals surface area contributed by atoms with E-state index in [1.807, 2.05) is 12.1 Å². The van der Waals surface area contributed by atoms with Gasteiger partial charge >= 0.3 is 0 Å². The minimum Gasteiger partial charge on any atom is -0.506 e. The summed E-state index contributed by atoms with van der Waals surface area (Å²) in [7, 11) is 0. The maximum Gasteiger partial charge on any atom is 0.143 e. The first-order valence-electron chi connectivity index (χ1n) is 5.91. The van der Waals surface area contributed by atoms with Gasteiger partial charge in [0.1, 0.15) is 5.75 Å². The molecule has 1 aliphatic carbocycles. The van der Waals surface area contributed by atoms with Gasteiger partial charge in [-0.05, 0) is 62.4 Å². The second-order valence-electron chi connectivity index (χ2n) is 4.56. The number of aromatic hydroxyl groups is 1. The van der Waals surface area contributed by atoms with Crippen LogP contribution in [0, 0.1) is 17.2 Å². The standard InChI is InChI=1S/C13H14Br2N2O/c14-10-4-8(5-11(15)13(10)18)7-17-12-3-1-2-9(12)6-16/h4-5,9,12,17-18H,1-3,7H2. The van der Waals surface area contributed by atoms with Crippen LogP contribution in [-0.2, 0) is 6.54 Å². The number of rotatable bonds is 3. The molecule has 18 heavy (non-hydrogen) atoms. The highest BCUT2D eigenvalue weighted by molar-refractivity contribution is 9.11. The number of benzene rings is 1. The van der Waals surface area contributed by atoms with E-state index in [4.69, 9.17) is 5.26 Å². The van der Waals surface area contributed by atoms with Crippen molar-refractivity contribution in [2.24, 2.45) is 5.92 Å². The van der Waals surface area contributed by atoms with Gasteiger partial charge in [-0.3, -0.25) is 0 Å². The fourth-order valence-electron chi connectivity index (χ4n) is 2.33. The Morgan fingerprint density at radius 1 is 1.33 bits per heavy atom. The first-order chi connectivity index (χ1) is 8.61. The van der Waals surface area contributed by atoms with Crippen molar-refractivity contribution in [1.29, 1.82) is 5.26 Å². The zero-order chi connectivity index (χ0) is 13.1. The molecule has 0 saturated heterocycles. The number of halogens is 2. The maximum absolute atomic E-state index is 9.63. The molecule has 0 bridgehead atoms. The average Bonchev–Trinajstić information content (AvgIpc) is 2.80. The molecular formula is C13H14Br2N2O. The molecule has 2 atom stereocenters. The smallest absolute Gasteiger partial charge is 0.143 e. The summed E-state index contributed by atoms with van der Waals surface area (Å²) in [4.78, 5) is 0. The average molecular weight is 374 g/mol. The number of hydrogen-bond acceptors (Lipinski definition) is 3. The Kier molecular flexibility index (Phi) is 4.66. The van der Waals surface area contributed by atoms with Gasteiger partial charge in [0, 0.05) is 12.6 Å². The van der Waals surface area contributed by atoms with Crippen molar-refractivity contribution in [3.63, 3.8) is 0 Å². The Morgan fingerprint density at radius 2 is 2.00 bits per heavy atom. The third kappa shape index (κ3) is 3.05. The zero-order valence-corrected chi connectivity index (χ0v) is 13.0. The van der Waals surface area contributed by atoms with Crippen LogP contribution in [0.5, 0.6) is 5.75 Å². The maximum atomic E-state index is 9.63. The number of phenolic OH excluding ortho intramolecular Hbond substituents is 1. The van der Waals surface area contributed by atoms with Gasteiger partial charge in [0.05, 0.1) is 20.9 Å². The normalized spacial score (nSPS) is 22.9. The van der Waals surface area contributed by atoms with Crippen molar-refractivity contribution in [3.05, 3.63) is 26.6 Å². The van der Waals surface area contributed by atoms with Gasteiger partial charge in [0.25, 0.3) is 0 Å². The molecule has 0 heterocycles. The van der Waals surface area contributed by atoms with Crippen LogP contribution >= 0.6 is 31.9 Å². The van der Waals surface area contributed by atoms with Gasteiger partial charge in [0.2, 0.25) is 0 Å². The van der Waals surface area contributed by atoms with Crippen LogP contribution in [0.4, 0.5) is 0 Å². The fourth-order valence-corrected chi connectivity index (χ4v) is 3.61. The SMILES string of the molecule is N#CC1CCCC1NCc1cc(Br)c(O)c(Br)c1. The molecule has 3 nitrogen and oxygen atoms in total. The molecule has 0 radical (unpaired) electrons. The van der Waals surface area contributed by atoms with Crippen LogP contribution in [0.1, 0.15) is 24.8 Å². The molecule has 5 heteroatoms. The van der Waals surface area contributed by atoms with Gasteiger partial charge in [0.15, 0.2) is 0 Å². The van der Waals surface area contributed by atoms with E-state index in [0.29, 0.717) is 21.5 Å². The number of hydrogen-bond donors (Lipinski definition) is 2. The third-order valence-electron chi connectivity index (χ3n) is 3.33. The monoisotopic (exact) mass is 372 g/mol. The molecule has 0 spiro atoms. The first-order valence-corrected chi connectivity index (χ1v) is 7.50. The second-order valence-corrected chi connectivity index (χ2v) is 6.27. The van der Waals surface area contributed by atoms with E-state index >= 15 is 0 Å². The first kappa shape index (κ1) is 13.9. The van der Waals surface area contributed by atoms with E-state index in [1.54, 1.807) is 0 Å². The summed E-state index contributed by atoms with van der Waals surface area (Å²) in [6.45, 7) is 0.709. The highest BCUT2D eigenvalue weighted by Gasteiger charge is 2.26. The Morgan fingerprint density at radius 3 is 2.61 bits per heavy atom. The number of nitrogens with zero attached hydrogens (tertiary/aromatic N) is 1. The van der Waals surface area contributed by atoms with Crippen molar-refractivity contribution in [2.45, 2.75) is 31.8 Å². The predicted molar refractivity (Wildman–Crippen MR) is 77.1 cm³/mol. The summed E-state index contributed by atoms with van der Waals surface area (Å²) in [5.41, 5.74) is 1.08. The molecule has 0 aromatic heterocycles. The Balaban J connectivity index is 2.01. The summed E-state index contributed by atoms with van der Waals surface area (Å²) in [5, 5.41) is 22.1. The molecule has 2 rings (SSSR count). The van der Waals surface area contributed by atoms with E-state index in [-0.39, 0.29) is 11.7 Å². The number of phenols is 1. The summed E-state index contributed by atoms with van der Waals surface area (Å²) in [5.74, 6) is 0.350. The largest absolute Gasteiger partial charge is 0.506 e. The van der Waals surface area contributed by atoms with Crippen molar-refractivity contribution in [3.8, 4) is 11.8 Å². The molecule has 0 amide bonds. The molecular weight excluding hydrogens is 360 g/mol. The lowest BCUT2D eigenvalue weighted by Gasteiger charge is -2.16. The summed E-state index contributed by atoms with van der Waals surface area (Å²) < 4.78 is 1.36. The van der Waals surface area contributed by atoms with Gasteiger partial charge in [-0.25, -0.2) is 0 Å². The number of nitriles is 1.